The first-order chi connectivity index (χ1) is 16.4. The van der Waals surface area contributed by atoms with E-state index in [1.807, 2.05) is 11.2 Å². The minimum absolute atomic E-state index is 0.0875. The van der Waals surface area contributed by atoms with Crippen molar-refractivity contribution in [2.24, 2.45) is 0 Å². The van der Waals surface area contributed by atoms with Gasteiger partial charge < -0.3 is 25.0 Å². The molecule has 1 aromatic carbocycles. The van der Waals surface area contributed by atoms with E-state index in [1.54, 1.807) is 11.0 Å². The standard InChI is InChI=1S/C23H26F2N8O/c1-14(2)33-13-28-19-5-7-31(12-20(19)33)22-17(25)10-27-23(30-22)29-18-4-3-15(9-16(18)24)32-8-6-26-11-21(32)34/h3-4,9-10,13-14,26H,5-8,11-12H2,1-2H3,(H,27,29,30). The van der Waals surface area contributed by atoms with Crippen LogP contribution in [0.4, 0.5) is 31.9 Å². The summed E-state index contributed by atoms with van der Waals surface area (Å²) in [5.74, 6) is -0.965. The molecule has 0 atom stereocenters. The molecular formula is C23H26F2N8O. The number of carbonyl (C=O) groups excluding carboxylic acids is 1. The molecule has 178 valence electrons. The Labute approximate surface area is 195 Å². The molecule has 4 heterocycles. The number of nitrogens with one attached hydrogen (secondary N) is 2. The van der Waals surface area contributed by atoms with E-state index < -0.39 is 11.6 Å². The van der Waals surface area contributed by atoms with Gasteiger partial charge >= 0.3 is 0 Å². The second-order valence-corrected chi connectivity index (χ2v) is 8.69. The molecule has 2 aromatic heterocycles. The largest absolute Gasteiger partial charge is 0.348 e. The first-order valence-electron chi connectivity index (χ1n) is 11.3. The highest BCUT2D eigenvalue weighted by Crippen LogP contribution is 2.29. The number of fused-ring (bicyclic) bond motifs is 1. The van der Waals surface area contributed by atoms with E-state index in [2.05, 4.69) is 44.0 Å². The lowest BCUT2D eigenvalue weighted by Gasteiger charge is -2.29. The summed E-state index contributed by atoms with van der Waals surface area (Å²) in [6.45, 7) is 6.54. The van der Waals surface area contributed by atoms with Gasteiger partial charge in [0.1, 0.15) is 5.82 Å². The molecule has 3 aromatic rings. The van der Waals surface area contributed by atoms with E-state index in [0.717, 1.165) is 17.6 Å². The van der Waals surface area contributed by atoms with Crippen molar-refractivity contribution >= 4 is 29.0 Å². The van der Waals surface area contributed by atoms with Crippen LogP contribution in [0, 0.1) is 11.6 Å². The maximum atomic E-state index is 14.8. The topological polar surface area (TPSA) is 91.2 Å². The van der Waals surface area contributed by atoms with Crippen molar-refractivity contribution in [2.75, 3.05) is 41.3 Å². The maximum absolute atomic E-state index is 14.8. The molecule has 0 spiro atoms. The minimum atomic E-state index is -0.554. The number of rotatable bonds is 5. The van der Waals surface area contributed by atoms with E-state index in [4.69, 9.17) is 0 Å². The summed E-state index contributed by atoms with van der Waals surface area (Å²) in [7, 11) is 0. The highest BCUT2D eigenvalue weighted by atomic mass is 19.1. The zero-order valence-electron chi connectivity index (χ0n) is 19.1. The third kappa shape index (κ3) is 4.18. The summed E-state index contributed by atoms with van der Waals surface area (Å²) < 4.78 is 31.6. The van der Waals surface area contributed by atoms with Crippen LogP contribution in [0.3, 0.4) is 0 Å². The van der Waals surface area contributed by atoms with Crippen LogP contribution in [-0.4, -0.2) is 51.6 Å². The van der Waals surface area contributed by atoms with Gasteiger partial charge in [-0.2, -0.15) is 4.98 Å². The van der Waals surface area contributed by atoms with Crippen LogP contribution in [-0.2, 0) is 17.8 Å². The van der Waals surface area contributed by atoms with Crippen molar-refractivity contribution in [1.29, 1.82) is 0 Å². The molecule has 0 bridgehead atoms. The Morgan fingerprint density at radius 3 is 2.76 bits per heavy atom. The zero-order chi connectivity index (χ0) is 23.8. The van der Waals surface area contributed by atoms with E-state index >= 15 is 0 Å². The SMILES string of the molecule is CC(C)n1cnc2c1CN(c1nc(Nc3ccc(N4CCNCC4=O)cc3F)ncc1F)CC2. The van der Waals surface area contributed by atoms with Crippen LogP contribution >= 0.6 is 0 Å². The third-order valence-electron chi connectivity index (χ3n) is 6.12. The van der Waals surface area contributed by atoms with Gasteiger partial charge in [0.25, 0.3) is 0 Å². The van der Waals surface area contributed by atoms with Crippen LogP contribution in [0.25, 0.3) is 0 Å². The number of hydrogen-bond acceptors (Lipinski definition) is 7. The molecule has 9 nitrogen and oxygen atoms in total. The number of benzene rings is 1. The molecule has 5 rings (SSSR count). The van der Waals surface area contributed by atoms with E-state index in [0.29, 0.717) is 38.3 Å². The number of imidazole rings is 1. The number of halogens is 2. The van der Waals surface area contributed by atoms with Crippen LogP contribution < -0.4 is 20.4 Å². The summed E-state index contributed by atoms with van der Waals surface area (Å²) in [6.07, 6.45) is 3.59. The Kier molecular flexibility index (Phi) is 5.86. The fourth-order valence-electron chi connectivity index (χ4n) is 4.35. The van der Waals surface area contributed by atoms with Crippen LogP contribution in [0.1, 0.15) is 31.3 Å². The van der Waals surface area contributed by atoms with Gasteiger partial charge in [-0.3, -0.25) is 4.79 Å². The van der Waals surface area contributed by atoms with Gasteiger partial charge in [0.05, 0.1) is 42.7 Å². The Morgan fingerprint density at radius 2 is 2.00 bits per heavy atom. The number of nitrogens with zero attached hydrogens (tertiary/aromatic N) is 6. The molecule has 1 fully saturated rings. The van der Waals surface area contributed by atoms with Crippen molar-refractivity contribution in [1.82, 2.24) is 24.8 Å². The highest BCUT2D eigenvalue weighted by Gasteiger charge is 2.26. The first kappa shape index (κ1) is 22.2. The lowest BCUT2D eigenvalue weighted by atomic mass is 10.1. The molecule has 0 aliphatic carbocycles. The molecule has 0 saturated carbocycles. The molecule has 2 aliphatic rings. The molecular weight excluding hydrogens is 442 g/mol. The lowest BCUT2D eigenvalue weighted by molar-refractivity contribution is -0.118. The predicted octanol–water partition coefficient (Wildman–Crippen LogP) is 2.77. The van der Waals surface area contributed by atoms with Crippen LogP contribution in [0.2, 0.25) is 0 Å². The van der Waals surface area contributed by atoms with E-state index in [9.17, 15) is 13.6 Å². The van der Waals surface area contributed by atoms with Gasteiger partial charge in [0.2, 0.25) is 11.9 Å². The molecule has 2 aliphatic heterocycles. The third-order valence-corrected chi connectivity index (χ3v) is 6.12. The van der Waals surface area contributed by atoms with Gasteiger partial charge in [-0.25, -0.2) is 18.7 Å². The summed E-state index contributed by atoms with van der Waals surface area (Å²) in [4.78, 5) is 28.3. The maximum Gasteiger partial charge on any atom is 0.240 e. The average Bonchev–Trinajstić information content (AvgIpc) is 3.25. The smallest absolute Gasteiger partial charge is 0.240 e. The Morgan fingerprint density at radius 1 is 1.15 bits per heavy atom. The fraction of sp³-hybridized carbons (Fsp3) is 0.391. The van der Waals surface area contributed by atoms with Crippen molar-refractivity contribution in [3.05, 3.63) is 53.7 Å². The van der Waals surface area contributed by atoms with Gasteiger partial charge in [-0.1, -0.05) is 0 Å². The minimum Gasteiger partial charge on any atom is -0.348 e. The Hall–Kier alpha value is -3.60. The lowest BCUT2D eigenvalue weighted by Crippen LogP contribution is -2.48. The molecule has 0 radical (unpaired) electrons. The number of anilines is 4. The number of aromatic nitrogens is 4. The molecule has 2 N–H and O–H groups in total. The van der Waals surface area contributed by atoms with Gasteiger partial charge in [0, 0.05) is 37.8 Å². The molecule has 1 saturated heterocycles. The van der Waals surface area contributed by atoms with Gasteiger partial charge in [-0.05, 0) is 32.0 Å². The molecule has 11 heteroatoms. The normalized spacial score (nSPS) is 16.2. The zero-order valence-corrected chi connectivity index (χ0v) is 19.1. The number of amides is 1. The average molecular weight is 469 g/mol. The Balaban J connectivity index is 1.36. The summed E-state index contributed by atoms with van der Waals surface area (Å²) in [6, 6.07) is 4.74. The van der Waals surface area contributed by atoms with Crippen molar-refractivity contribution in [2.45, 2.75) is 32.9 Å². The van der Waals surface area contributed by atoms with Crippen LogP contribution in [0.5, 0.6) is 0 Å². The van der Waals surface area contributed by atoms with Crippen molar-refractivity contribution in [3.8, 4) is 0 Å². The Bertz CT molecular complexity index is 1230. The number of hydrogen-bond donors (Lipinski definition) is 2. The monoisotopic (exact) mass is 468 g/mol. The molecule has 0 unspecified atom stereocenters. The van der Waals surface area contributed by atoms with Gasteiger partial charge in [0.15, 0.2) is 11.6 Å². The first-order valence-corrected chi connectivity index (χ1v) is 11.3. The van der Waals surface area contributed by atoms with E-state index in [-0.39, 0.29) is 35.9 Å². The molecule has 34 heavy (non-hydrogen) atoms. The quantitative estimate of drug-likeness (QED) is 0.595. The van der Waals surface area contributed by atoms with Crippen molar-refractivity contribution in [3.63, 3.8) is 0 Å². The van der Waals surface area contributed by atoms with Crippen LogP contribution in [0.15, 0.2) is 30.7 Å². The van der Waals surface area contributed by atoms with E-state index in [1.165, 1.54) is 12.1 Å². The summed E-state index contributed by atoms with van der Waals surface area (Å²) >= 11 is 0. The summed E-state index contributed by atoms with van der Waals surface area (Å²) in [5.41, 5.74) is 2.68. The second-order valence-electron chi connectivity index (χ2n) is 8.69. The number of carbonyl (C=O) groups is 1. The second kappa shape index (κ2) is 8.98. The summed E-state index contributed by atoms with van der Waals surface area (Å²) in [5, 5.41) is 5.83. The van der Waals surface area contributed by atoms with Crippen molar-refractivity contribution < 1.29 is 13.6 Å². The number of piperazine rings is 1. The predicted molar refractivity (Wildman–Crippen MR) is 124 cm³/mol. The molecule has 1 amide bonds. The van der Waals surface area contributed by atoms with Gasteiger partial charge in [-0.15, -0.1) is 0 Å². The highest BCUT2D eigenvalue weighted by molar-refractivity contribution is 5.95. The fourth-order valence-corrected chi connectivity index (χ4v) is 4.35.